The Kier molecular flexibility index (Phi) is 3.14. The number of H-pyrrole nitrogens is 1. The Balaban J connectivity index is 2.43. The third kappa shape index (κ3) is 1.87. The van der Waals surface area contributed by atoms with E-state index in [1.54, 1.807) is 10.6 Å². The van der Waals surface area contributed by atoms with E-state index in [0.29, 0.717) is 5.65 Å². The molecule has 0 spiro atoms. The first-order chi connectivity index (χ1) is 8.68. The lowest BCUT2D eigenvalue weighted by molar-refractivity contribution is 0.984. The van der Waals surface area contributed by atoms with Crippen LogP contribution in [0.25, 0.3) is 16.8 Å². The molecular weight excluding hydrogens is 456 g/mol. The van der Waals surface area contributed by atoms with Crippen LogP contribution in [0.2, 0.25) is 0 Å². The number of imidazole rings is 1. The molecule has 4 nitrogen and oxygen atoms in total. The van der Waals surface area contributed by atoms with Crippen LogP contribution < -0.4 is 5.69 Å². The third-order valence-electron chi connectivity index (χ3n) is 2.65. The van der Waals surface area contributed by atoms with Gasteiger partial charge in [0.05, 0.1) is 0 Å². The van der Waals surface area contributed by atoms with Crippen molar-refractivity contribution < 1.29 is 0 Å². The average Bonchev–Trinajstić information content (AvgIpc) is 2.68. The molecule has 3 rings (SSSR count). The molecule has 1 aromatic carbocycles. The highest BCUT2D eigenvalue weighted by molar-refractivity contribution is 14.1. The summed E-state index contributed by atoms with van der Waals surface area (Å²) in [7, 11) is 0. The number of nitrogens with one attached hydrogen (secondary N) is 1. The molecule has 0 radical (unpaired) electrons. The van der Waals surface area contributed by atoms with Crippen molar-refractivity contribution in [2.75, 3.05) is 0 Å². The smallest absolute Gasteiger partial charge is 0.313 e. The average molecular weight is 463 g/mol. The molecule has 0 atom stereocenters. The van der Waals surface area contributed by atoms with E-state index in [9.17, 15) is 4.79 Å². The highest BCUT2D eigenvalue weighted by Gasteiger charge is 2.14. The predicted octanol–water partition coefficient (Wildman–Crippen LogP) is 2.90. The highest BCUT2D eigenvalue weighted by atomic mass is 127. The van der Waals surface area contributed by atoms with Gasteiger partial charge in [0.15, 0.2) is 5.65 Å². The molecule has 18 heavy (non-hydrogen) atoms. The topological polar surface area (TPSA) is 50.2 Å². The van der Waals surface area contributed by atoms with E-state index >= 15 is 0 Å². The first-order valence-electron chi connectivity index (χ1n) is 5.19. The summed E-state index contributed by atoms with van der Waals surface area (Å²) in [4.78, 5) is 19.1. The van der Waals surface area contributed by atoms with E-state index in [1.165, 1.54) is 0 Å². The van der Waals surface area contributed by atoms with Gasteiger partial charge in [-0.2, -0.15) is 0 Å². The van der Waals surface area contributed by atoms with Crippen molar-refractivity contribution >= 4 is 50.8 Å². The fourth-order valence-corrected chi connectivity index (χ4v) is 2.87. The lowest BCUT2D eigenvalue weighted by Crippen LogP contribution is -2.17. The van der Waals surface area contributed by atoms with Crippen molar-refractivity contribution in [2.45, 2.75) is 0 Å². The predicted molar refractivity (Wildman–Crippen MR) is 86.7 cm³/mol. The zero-order chi connectivity index (χ0) is 12.7. The fourth-order valence-electron chi connectivity index (χ4n) is 1.83. The Labute approximate surface area is 130 Å². The van der Waals surface area contributed by atoms with Crippen LogP contribution in [0.1, 0.15) is 0 Å². The molecule has 2 aromatic heterocycles. The summed E-state index contributed by atoms with van der Waals surface area (Å²) in [6, 6.07) is 9.90. The number of hydrogen-bond acceptors (Lipinski definition) is 2. The number of aromatic amines is 1. The largest absolute Gasteiger partial charge is 0.332 e. The molecule has 0 bridgehead atoms. The fraction of sp³-hybridized carbons (Fsp3) is 0. The van der Waals surface area contributed by atoms with E-state index in [4.69, 9.17) is 0 Å². The lowest BCUT2D eigenvalue weighted by Gasteiger charge is -2.03. The molecule has 0 aliphatic carbocycles. The van der Waals surface area contributed by atoms with Gasteiger partial charge >= 0.3 is 5.69 Å². The minimum Gasteiger partial charge on any atom is -0.313 e. The number of fused-ring (bicyclic) bond motifs is 1. The maximum absolute atomic E-state index is 11.9. The van der Waals surface area contributed by atoms with Gasteiger partial charge in [-0.25, -0.2) is 14.2 Å². The normalized spacial score (nSPS) is 11.0. The standard InChI is InChI=1S/C12H7I2N3O/c13-9-10(14)17-11(16-9)8(6-15-12(17)18)7-4-2-1-3-5-7/h1-6H,(H,15,18). The van der Waals surface area contributed by atoms with Crippen molar-refractivity contribution in [3.05, 3.63) is 54.4 Å². The molecular formula is C12H7I2N3O. The Hall–Kier alpha value is -0.900. The van der Waals surface area contributed by atoms with Crippen LogP contribution in [-0.2, 0) is 0 Å². The summed E-state index contributed by atoms with van der Waals surface area (Å²) >= 11 is 4.27. The number of nitrogens with zero attached hydrogens (tertiary/aromatic N) is 2. The van der Waals surface area contributed by atoms with Gasteiger partial charge in [-0.05, 0) is 50.7 Å². The maximum atomic E-state index is 11.9. The second kappa shape index (κ2) is 4.65. The summed E-state index contributed by atoms with van der Waals surface area (Å²) < 4.78 is 3.27. The monoisotopic (exact) mass is 463 g/mol. The van der Waals surface area contributed by atoms with Crippen molar-refractivity contribution in [3.8, 4) is 11.1 Å². The van der Waals surface area contributed by atoms with E-state index < -0.39 is 0 Å². The van der Waals surface area contributed by atoms with Crippen LogP contribution in [0.5, 0.6) is 0 Å². The number of halogens is 2. The van der Waals surface area contributed by atoms with E-state index in [0.717, 1.165) is 18.5 Å². The van der Waals surface area contributed by atoms with Crippen LogP contribution in [0.3, 0.4) is 0 Å². The SMILES string of the molecule is O=c1[nH]cc(-c2ccccc2)c2nc(I)c(I)n12. The molecule has 6 heteroatoms. The van der Waals surface area contributed by atoms with Gasteiger partial charge in [0, 0.05) is 11.8 Å². The highest BCUT2D eigenvalue weighted by Crippen LogP contribution is 2.24. The first kappa shape index (κ1) is 12.2. The Morgan fingerprint density at radius 3 is 2.61 bits per heavy atom. The van der Waals surface area contributed by atoms with Crippen molar-refractivity contribution in [1.29, 1.82) is 0 Å². The zero-order valence-electron chi connectivity index (χ0n) is 9.02. The van der Waals surface area contributed by atoms with E-state index in [2.05, 4.69) is 55.1 Å². The number of hydrogen-bond donors (Lipinski definition) is 1. The summed E-state index contributed by atoms with van der Waals surface area (Å²) in [5.41, 5.74) is 2.50. The second-order valence-electron chi connectivity index (χ2n) is 3.73. The number of rotatable bonds is 1. The second-order valence-corrected chi connectivity index (χ2v) is 5.77. The lowest BCUT2D eigenvalue weighted by atomic mass is 10.1. The third-order valence-corrected chi connectivity index (χ3v) is 5.43. The van der Waals surface area contributed by atoms with Gasteiger partial charge in [0.25, 0.3) is 0 Å². The Morgan fingerprint density at radius 2 is 1.89 bits per heavy atom. The van der Waals surface area contributed by atoms with Gasteiger partial charge in [-0.3, -0.25) is 0 Å². The molecule has 1 N–H and O–H groups in total. The molecule has 90 valence electrons. The molecule has 0 fully saturated rings. The van der Waals surface area contributed by atoms with Gasteiger partial charge in [-0.15, -0.1) is 0 Å². The first-order valence-corrected chi connectivity index (χ1v) is 7.35. The minimum atomic E-state index is -0.163. The minimum absolute atomic E-state index is 0.163. The molecule has 0 amide bonds. The molecule has 0 saturated heterocycles. The van der Waals surface area contributed by atoms with Crippen molar-refractivity contribution in [1.82, 2.24) is 14.4 Å². The van der Waals surface area contributed by atoms with Crippen LogP contribution >= 0.6 is 45.2 Å². The summed E-state index contributed by atoms with van der Waals surface area (Å²) in [6.07, 6.45) is 1.71. The number of benzene rings is 1. The molecule has 0 unspecified atom stereocenters. The number of aromatic nitrogens is 3. The van der Waals surface area contributed by atoms with Gasteiger partial charge < -0.3 is 4.98 Å². The van der Waals surface area contributed by atoms with Gasteiger partial charge in [0.2, 0.25) is 0 Å². The van der Waals surface area contributed by atoms with Crippen LogP contribution in [-0.4, -0.2) is 14.4 Å². The van der Waals surface area contributed by atoms with E-state index in [1.807, 2.05) is 30.3 Å². The molecule has 0 aliphatic heterocycles. The molecule has 3 aromatic rings. The Bertz CT molecular complexity index is 777. The molecule has 0 aliphatic rings. The Morgan fingerprint density at radius 1 is 1.17 bits per heavy atom. The summed E-state index contributed by atoms with van der Waals surface area (Å²) in [6.45, 7) is 0. The van der Waals surface area contributed by atoms with Crippen molar-refractivity contribution in [2.24, 2.45) is 0 Å². The van der Waals surface area contributed by atoms with Crippen LogP contribution in [0, 0.1) is 7.40 Å². The summed E-state index contributed by atoms with van der Waals surface area (Å²) in [5, 5.41) is 0. The van der Waals surface area contributed by atoms with Crippen molar-refractivity contribution in [3.63, 3.8) is 0 Å². The van der Waals surface area contributed by atoms with Gasteiger partial charge in [-0.1, -0.05) is 30.3 Å². The van der Waals surface area contributed by atoms with Gasteiger partial charge in [0.1, 0.15) is 7.40 Å². The summed E-state index contributed by atoms with van der Waals surface area (Å²) in [5.74, 6) is 0. The zero-order valence-corrected chi connectivity index (χ0v) is 13.3. The molecule has 0 saturated carbocycles. The quantitative estimate of drug-likeness (QED) is 0.565. The molecule has 2 heterocycles. The van der Waals surface area contributed by atoms with E-state index in [-0.39, 0.29) is 5.69 Å². The van der Waals surface area contributed by atoms with Crippen LogP contribution in [0.4, 0.5) is 0 Å². The maximum Gasteiger partial charge on any atom is 0.332 e. The van der Waals surface area contributed by atoms with Crippen LogP contribution in [0.15, 0.2) is 41.3 Å².